The number of aromatic nitrogens is 2. The predicted molar refractivity (Wildman–Crippen MR) is 116 cm³/mol. The number of hydrogen-bond acceptors (Lipinski definition) is 3. The highest BCUT2D eigenvalue weighted by atomic mass is 35.5. The second-order valence-corrected chi connectivity index (χ2v) is 9.51. The molecule has 0 N–H and O–H groups in total. The third kappa shape index (κ3) is 6.27. The Kier molecular flexibility index (Phi) is 8.76. The molecule has 2 fully saturated rings. The van der Waals surface area contributed by atoms with Crippen LogP contribution in [0.2, 0.25) is 0 Å². The Morgan fingerprint density at radius 3 is 2.32 bits per heavy atom. The summed E-state index contributed by atoms with van der Waals surface area (Å²) in [6, 6.07) is 4.29. The van der Waals surface area contributed by atoms with Gasteiger partial charge >= 0.3 is 0 Å². The first kappa shape index (κ1) is 21.7. The molecule has 2 aliphatic rings. The Hall–Kier alpha value is -0.960. The van der Waals surface area contributed by atoms with Crippen LogP contribution in [0.3, 0.4) is 0 Å². The number of carbonyl (C=O) groups excluding carboxylic acids is 1. The largest absolute Gasteiger partial charge is 0.299 e. The van der Waals surface area contributed by atoms with Gasteiger partial charge in [0.15, 0.2) is 0 Å². The summed E-state index contributed by atoms with van der Waals surface area (Å²) >= 11 is 5.82. The fourth-order valence-corrected chi connectivity index (χ4v) is 5.38. The quantitative estimate of drug-likeness (QED) is 0.442. The summed E-state index contributed by atoms with van der Waals surface area (Å²) in [6.07, 6.45) is 14.7. The molecule has 0 radical (unpaired) electrons. The number of rotatable bonds is 9. The van der Waals surface area contributed by atoms with Crippen molar-refractivity contribution < 1.29 is 4.79 Å². The minimum Gasteiger partial charge on any atom is -0.299 e. The van der Waals surface area contributed by atoms with Gasteiger partial charge in [0.1, 0.15) is 5.78 Å². The zero-order chi connectivity index (χ0) is 19.8. The number of Topliss-reactive ketones (excluding diaryl/α,β-unsaturated/α-hetero) is 1. The Balaban J connectivity index is 1.39. The van der Waals surface area contributed by atoms with Crippen LogP contribution in [0.15, 0.2) is 12.1 Å². The first-order valence-corrected chi connectivity index (χ1v) is 12.1. The average molecular weight is 405 g/mol. The summed E-state index contributed by atoms with van der Waals surface area (Å²) in [5, 5.41) is 8.85. The Bertz CT molecular complexity index is 587. The molecule has 0 saturated heterocycles. The highest BCUT2D eigenvalue weighted by molar-refractivity contribution is 6.17. The van der Waals surface area contributed by atoms with E-state index >= 15 is 0 Å². The van der Waals surface area contributed by atoms with Crippen molar-refractivity contribution in [2.45, 2.75) is 96.3 Å². The van der Waals surface area contributed by atoms with Gasteiger partial charge < -0.3 is 0 Å². The molecule has 1 aromatic heterocycles. The highest BCUT2D eigenvalue weighted by Gasteiger charge is 2.30. The Morgan fingerprint density at radius 2 is 1.71 bits per heavy atom. The lowest BCUT2D eigenvalue weighted by Gasteiger charge is -2.31. The van der Waals surface area contributed by atoms with E-state index in [0.717, 1.165) is 74.6 Å². The molecule has 28 heavy (non-hydrogen) atoms. The van der Waals surface area contributed by atoms with Crippen LogP contribution in [-0.4, -0.2) is 21.9 Å². The maximum absolute atomic E-state index is 12.8. The second-order valence-electron chi connectivity index (χ2n) is 9.14. The van der Waals surface area contributed by atoms with E-state index in [1.54, 1.807) is 0 Å². The molecule has 156 valence electrons. The molecule has 0 aromatic carbocycles. The summed E-state index contributed by atoms with van der Waals surface area (Å²) in [4.78, 5) is 12.8. The van der Waals surface area contributed by atoms with Gasteiger partial charge in [0.25, 0.3) is 0 Å². The maximum Gasteiger partial charge on any atom is 0.136 e. The topological polar surface area (TPSA) is 42.9 Å². The minimum atomic E-state index is 0.289. The van der Waals surface area contributed by atoms with Crippen LogP contribution in [0.1, 0.15) is 101 Å². The fourth-order valence-electron chi connectivity index (χ4n) is 5.23. The minimum absolute atomic E-state index is 0.289. The monoisotopic (exact) mass is 404 g/mol. The van der Waals surface area contributed by atoms with Crippen LogP contribution in [0.25, 0.3) is 0 Å². The van der Waals surface area contributed by atoms with Crippen molar-refractivity contribution in [2.75, 3.05) is 5.88 Å². The lowest BCUT2D eigenvalue weighted by atomic mass is 9.74. The highest BCUT2D eigenvalue weighted by Crippen LogP contribution is 2.38. The van der Waals surface area contributed by atoms with Crippen LogP contribution in [0.5, 0.6) is 0 Å². The van der Waals surface area contributed by atoms with E-state index in [4.69, 9.17) is 11.6 Å². The lowest BCUT2D eigenvalue weighted by molar-refractivity contribution is -0.125. The van der Waals surface area contributed by atoms with Gasteiger partial charge in [-0.1, -0.05) is 26.2 Å². The number of ketones is 1. The number of hydrogen-bond donors (Lipinski definition) is 0. The van der Waals surface area contributed by atoms with Crippen molar-refractivity contribution in [1.29, 1.82) is 0 Å². The van der Waals surface area contributed by atoms with Crippen LogP contribution in [0, 0.1) is 17.8 Å². The summed E-state index contributed by atoms with van der Waals surface area (Å²) in [5.74, 6) is 3.59. The Labute approximate surface area is 176 Å². The van der Waals surface area contributed by atoms with Gasteiger partial charge in [-0.3, -0.25) is 4.79 Å². The normalized spacial score (nSPS) is 28.2. The molecule has 2 aliphatic carbocycles. The molecule has 1 heterocycles. The van der Waals surface area contributed by atoms with E-state index in [1.165, 1.54) is 32.1 Å². The zero-order valence-electron chi connectivity index (χ0n) is 17.5. The standard InChI is InChI=1S/C24H37ClN2O/c1-2-4-22-14-15-23(27-26-22)20-10-12-21(13-11-20)24(28)17-19-8-6-18(7-9-19)5-3-16-25/h14-15,18-21H,2-13,16-17H2,1H3/t18-,19-,20-,21-. The Morgan fingerprint density at radius 1 is 1.00 bits per heavy atom. The molecule has 3 rings (SSSR count). The zero-order valence-corrected chi connectivity index (χ0v) is 18.3. The number of carbonyl (C=O) groups is 1. The van der Waals surface area contributed by atoms with Crippen molar-refractivity contribution in [2.24, 2.45) is 17.8 Å². The van der Waals surface area contributed by atoms with E-state index in [9.17, 15) is 4.79 Å². The van der Waals surface area contributed by atoms with Gasteiger partial charge in [-0.2, -0.15) is 10.2 Å². The lowest BCUT2D eigenvalue weighted by Crippen LogP contribution is -2.25. The van der Waals surface area contributed by atoms with Crippen LogP contribution in [-0.2, 0) is 11.2 Å². The molecule has 0 aliphatic heterocycles. The second kappa shape index (κ2) is 11.3. The van der Waals surface area contributed by atoms with Gasteiger partial charge in [-0.25, -0.2) is 0 Å². The van der Waals surface area contributed by atoms with E-state index in [2.05, 4.69) is 29.3 Å². The SMILES string of the molecule is CCCc1ccc([C@H]2CC[C@H](C(=O)C[C@H]3CC[C@H](CCCCl)CC3)CC2)nn1. The summed E-state index contributed by atoms with van der Waals surface area (Å²) in [7, 11) is 0. The van der Waals surface area contributed by atoms with Gasteiger partial charge in [0, 0.05) is 24.1 Å². The van der Waals surface area contributed by atoms with Crippen molar-refractivity contribution >= 4 is 17.4 Å². The number of alkyl halides is 1. The predicted octanol–water partition coefficient (Wildman–Crippen LogP) is 6.49. The number of aryl methyl sites for hydroxylation is 1. The summed E-state index contributed by atoms with van der Waals surface area (Å²) < 4.78 is 0. The van der Waals surface area contributed by atoms with Crippen LogP contribution < -0.4 is 0 Å². The average Bonchev–Trinajstić information content (AvgIpc) is 2.74. The van der Waals surface area contributed by atoms with Crippen molar-refractivity contribution in [3.05, 3.63) is 23.5 Å². The van der Waals surface area contributed by atoms with E-state index in [1.807, 2.05) is 0 Å². The first-order chi connectivity index (χ1) is 13.7. The van der Waals surface area contributed by atoms with Crippen LogP contribution in [0.4, 0.5) is 0 Å². The molecule has 0 spiro atoms. The smallest absolute Gasteiger partial charge is 0.136 e. The summed E-state index contributed by atoms with van der Waals surface area (Å²) in [6.45, 7) is 2.17. The summed E-state index contributed by atoms with van der Waals surface area (Å²) in [5.41, 5.74) is 2.22. The molecule has 2 saturated carbocycles. The van der Waals surface area contributed by atoms with Crippen molar-refractivity contribution in [1.82, 2.24) is 10.2 Å². The number of halogens is 1. The fraction of sp³-hybridized carbons (Fsp3) is 0.792. The van der Waals surface area contributed by atoms with Crippen LogP contribution >= 0.6 is 11.6 Å². The molecule has 1 aromatic rings. The third-order valence-electron chi connectivity index (χ3n) is 7.05. The van der Waals surface area contributed by atoms with Gasteiger partial charge in [-0.15, -0.1) is 11.6 Å². The van der Waals surface area contributed by atoms with E-state index in [0.29, 0.717) is 17.6 Å². The maximum atomic E-state index is 12.8. The van der Waals surface area contributed by atoms with Gasteiger partial charge in [0.2, 0.25) is 0 Å². The van der Waals surface area contributed by atoms with Gasteiger partial charge in [0.05, 0.1) is 11.4 Å². The molecular weight excluding hydrogens is 368 g/mol. The molecule has 0 bridgehead atoms. The molecule has 4 heteroatoms. The molecule has 0 atom stereocenters. The number of nitrogens with zero attached hydrogens (tertiary/aromatic N) is 2. The molecule has 3 nitrogen and oxygen atoms in total. The molecule has 0 unspecified atom stereocenters. The first-order valence-electron chi connectivity index (χ1n) is 11.6. The molecular formula is C24H37ClN2O. The van der Waals surface area contributed by atoms with Gasteiger partial charge in [-0.05, 0) is 81.8 Å². The van der Waals surface area contributed by atoms with Crippen molar-refractivity contribution in [3.8, 4) is 0 Å². The van der Waals surface area contributed by atoms with E-state index in [-0.39, 0.29) is 5.92 Å². The third-order valence-corrected chi connectivity index (χ3v) is 7.32. The van der Waals surface area contributed by atoms with Crippen molar-refractivity contribution in [3.63, 3.8) is 0 Å². The van der Waals surface area contributed by atoms with E-state index < -0.39 is 0 Å². The molecule has 0 amide bonds.